The summed E-state index contributed by atoms with van der Waals surface area (Å²) in [7, 11) is 1.29. The van der Waals surface area contributed by atoms with E-state index in [2.05, 4.69) is 4.74 Å². The van der Waals surface area contributed by atoms with Gasteiger partial charge in [0.15, 0.2) is 0 Å². The lowest BCUT2D eigenvalue weighted by Gasteiger charge is -2.04. The fourth-order valence-corrected chi connectivity index (χ4v) is 1.61. The maximum atomic E-state index is 12.4. The molecular weight excluding hydrogens is 226 g/mol. The molecule has 0 bridgehead atoms. The van der Waals surface area contributed by atoms with Crippen LogP contribution in [-0.4, -0.2) is 13.1 Å². The number of methoxy groups -OCH3 is 1. The summed E-state index contributed by atoms with van der Waals surface area (Å²) >= 11 is 0. The van der Waals surface area contributed by atoms with Crippen molar-refractivity contribution in [3.63, 3.8) is 0 Å². The van der Waals surface area contributed by atoms with Crippen molar-refractivity contribution in [3.05, 3.63) is 54.0 Å². The summed E-state index contributed by atoms with van der Waals surface area (Å²) in [6.07, 6.45) is -1.72. The summed E-state index contributed by atoms with van der Waals surface area (Å²) in [5, 5.41) is 1.38. The first-order chi connectivity index (χ1) is 8.11. The number of hydrogen-bond donors (Lipinski definition) is 0. The lowest BCUT2D eigenvalue weighted by molar-refractivity contribution is 0.0601. The summed E-state index contributed by atoms with van der Waals surface area (Å²) < 4.78 is 29.4. The predicted octanol–water partition coefficient (Wildman–Crippen LogP) is 3.40. The summed E-state index contributed by atoms with van der Waals surface area (Å²) in [4.78, 5) is 11.3. The van der Waals surface area contributed by atoms with Gasteiger partial charge in [-0.25, -0.2) is 4.79 Å². The molecule has 1 radical (unpaired) electrons. The van der Waals surface area contributed by atoms with Crippen LogP contribution >= 0.6 is 0 Å². The molecule has 0 fully saturated rings. The van der Waals surface area contributed by atoms with Crippen molar-refractivity contribution in [2.75, 3.05) is 7.11 Å². The van der Waals surface area contributed by atoms with E-state index >= 15 is 0 Å². The monoisotopic (exact) mass is 235 g/mol. The number of rotatable bonds is 2. The van der Waals surface area contributed by atoms with E-state index in [1.165, 1.54) is 19.2 Å². The number of carbonyl (C=O) groups excluding carboxylic acids is 1. The third-order valence-electron chi connectivity index (χ3n) is 2.48. The number of fused-ring (bicyclic) bond motifs is 1. The molecule has 0 aliphatic rings. The number of halogens is 2. The first-order valence-electron chi connectivity index (χ1n) is 4.92. The first-order valence-corrected chi connectivity index (χ1v) is 4.92. The molecule has 0 atom stereocenters. The number of hydrogen-bond acceptors (Lipinski definition) is 2. The molecule has 2 nitrogen and oxygen atoms in total. The second kappa shape index (κ2) is 4.49. The van der Waals surface area contributed by atoms with Crippen LogP contribution in [0.15, 0.2) is 36.4 Å². The Bertz CT molecular complexity index is 564. The van der Waals surface area contributed by atoms with Gasteiger partial charge in [-0.2, -0.15) is 8.78 Å². The van der Waals surface area contributed by atoms with Gasteiger partial charge in [-0.05, 0) is 29.0 Å². The van der Waals surface area contributed by atoms with Gasteiger partial charge in [0.2, 0.25) is 0 Å². The number of esters is 1. The van der Waals surface area contributed by atoms with Crippen LogP contribution in [0.5, 0.6) is 0 Å². The van der Waals surface area contributed by atoms with Crippen LogP contribution in [0, 0.1) is 6.43 Å². The third kappa shape index (κ3) is 2.25. The molecule has 0 saturated heterocycles. The number of benzene rings is 2. The topological polar surface area (TPSA) is 26.3 Å². The molecule has 17 heavy (non-hydrogen) atoms. The Morgan fingerprint density at radius 1 is 1.00 bits per heavy atom. The highest BCUT2D eigenvalue weighted by molar-refractivity contribution is 5.95. The summed E-state index contributed by atoms with van der Waals surface area (Å²) in [6, 6.07) is 9.03. The zero-order valence-electron chi connectivity index (χ0n) is 9.04. The van der Waals surface area contributed by atoms with E-state index < -0.39 is 12.4 Å². The smallest absolute Gasteiger partial charge is 0.339 e. The Morgan fingerprint density at radius 3 is 2.06 bits per heavy atom. The van der Waals surface area contributed by atoms with Crippen LogP contribution < -0.4 is 0 Å². The van der Waals surface area contributed by atoms with Crippen molar-refractivity contribution in [3.8, 4) is 0 Å². The van der Waals surface area contributed by atoms with Crippen LogP contribution in [0.25, 0.3) is 10.8 Å². The van der Waals surface area contributed by atoms with E-state index in [1.807, 2.05) is 0 Å². The lowest BCUT2D eigenvalue weighted by Crippen LogP contribution is -2.00. The average Bonchev–Trinajstić information content (AvgIpc) is 2.36. The molecule has 0 aliphatic carbocycles. The minimum absolute atomic E-state index is 0.108. The quantitative estimate of drug-likeness (QED) is 0.745. The molecule has 2 aromatic carbocycles. The van der Waals surface area contributed by atoms with Crippen LogP contribution in [-0.2, 0) is 4.74 Å². The zero-order valence-corrected chi connectivity index (χ0v) is 9.04. The van der Waals surface area contributed by atoms with Gasteiger partial charge in [0.1, 0.15) is 0 Å². The Kier molecular flexibility index (Phi) is 3.04. The molecule has 2 rings (SSSR count). The minimum Gasteiger partial charge on any atom is -0.465 e. The Morgan fingerprint density at radius 2 is 1.53 bits per heavy atom. The second-order valence-corrected chi connectivity index (χ2v) is 3.53. The molecule has 0 unspecified atom stereocenters. The van der Waals surface area contributed by atoms with Crippen molar-refractivity contribution in [2.45, 2.75) is 0 Å². The van der Waals surface area contributed by atoms with E-state index in [1.54, 1.807) is 24.3 Å². The van der Waals surface area contributed by atoms with Crippen molar-refractivity contribution in [1.29, 1.82) is 0 Å². The van der Waals surface area contributed by atoms with Crippen LogP contribution in [0.4, 0.5) is 8.78 Å². The van der Waals surface area contributed by atoms with Gasteiger partial charge in [0, 0.05) is 5.56 Å². The molecule has 0 spiro atoms. The Labute approximate surface area is 96.8 Å². The molecule has 4 heteroatoms. The summed E-state index contributed by atoms with van der Waals surface area (Å²) in [6.45, 7) is 0. The largest absolute Gasteiger partial charge is 0.465 e. The summed E-state index contributed by atoms with van der Waals surface area (Å²) in [5.41, 5.74) is 0.292. The van der Waals surface area contributed by atoms with Gasteiger partial charge < -0.3 is 4.74 Å². The average molecular weight is 235 g/mol. The molecule has 0 saturated carbocycles. The third-order valence-corrected chi connectivity index (χ3v) is 2.48. The SMILES string of the molecule is COC(=O)c1ccc2cc([C](F)F)ccc2c1. The van der Waals surface area contributed by atoms with E-state index in [4.69, 9.17) is 0 Å². The normalized spacial score (nSPS) is 10.8. The van der Waals surface area contributed by atoms with Gasteiger partial charge >= 0.3 is 12.4 Å². The van der Waals surface area contributed by atoms with E-state index in [-0.39, 0.29) is 5.56 Å². The molecule has 0 N–H and O–H groups in total. The summed E-state index contributed by atoms with van der Waals surface area (Å²) in [5.74, 6) is -0.445. The van der Waals surface area contributed by atoms with Gasteiger partial charge in [-0.1, -0.05) is 18.2 Å². The fraction of sp³-hybridized carbons (Fsp3) is 0.0769. The molecular formula is C13H9F2O2. The van der Waals surface area contributed by atoms with Gasteiger partial charge in [-0.15, -0.1) is 0 Å². The Balaban J connectivity index is 2.50. The van der Waals surface area contributed by atoms with E-state index in [0.717, 1.165) is 5.39 Å². The van der Waals surface area contributed by atoms with Gasteiger partial charge in [0.05, 0.1) is 12.7 Å². The first kappa shape index (κ1) is 11.5. The molecule has 87 valence electrons. The minimum atomic E-state index is -1.72. The van der Waals surface area contributed by atoms with Crippen molar-refractivity contribution in [2.24, 2.45) is 0 Å². The standard InChI is InChI=1S/C13H9F2O2/c1-17-13(16)11-5-3-8-6-10(12(14)15)4-2-9(8)7-11/h2-7H,1H3. The van der Waals surface area contributed by atoms with Crippen molar-refractivity contribution < 1.29 is 18.3 Å². The molecule has 2 aromatic rings. The highest BCUT2D eigenvalue weighted by atomic mass is 19.3. The Hall–Kier alpha value is -1.97. The van der Waals surface area contributed by atoms with E-state index in [9.17, 15) is 13.6 Å². The number of carbonyl (C=O) groups is 1. The van der Waals surface area contributed by atoms with E-state index in [0.29, 0.717) is 10.9 Å². The predicted molar refractivity (Wildman–Crippen MR) is 59.8 cm³/mol. The second-order valence-electron chi connectivity index (χ2n) is 3.53. The highest BCUT2D eigenvalue weighted by Crippen LogP contribution is 2.24. The zero-order chi connectivity index (χ0) is 12.4. The van der Waals surface area contributed by atoms with Crippen molar-refractivity contribution in [1.82, 2.24) is 0 Å². The molecule has 0 aliphatic heterocycles. The van der Waals surface area contributed by atoms with Crippen LogP contribution in [0.2, 0.25) is 0 Å². The van der Waals surface area contributed by atoms with Crippen molar-refractivity contribution >= 4 is 16.7 Å². The number of ether oxygens (including phenoxy) is 1. The fourth-order valence-electron chi connectivity index (χ4n) is 1.61. The van der Waals surface area contributed by atoms with Crippen LogP contribution in [0.1, 0.15) is 15.9 Å². The van der Waals surface area contributed by atoms with Gasteiger partial charge in [-0.3, -0.25) is 0 Å². The van der Waals surface area contributed by atoms with Crippen LogP contribution in [0.3, 0.4) is 0 Å². The lowest BCUT2D eigenvalue weighted by atomic mass is 10.0. The van der Waals surface area contributed by atoms with Gasteiger partial charge in [0.25, 0.3) is 0 Å². The molecule has 0 aromatic heterocycles. The maximum absolute atomic E-state index is 12.4. The molecule has 0 heterocycles. The highest BCUT2D eigenvalue weighted by Gasteiger charge is 2.11. The maximum Gasteiger partial charge on any atom is 0.339 e. The molecule has 0 amide bonds.